The van der Waals surface area contributed by atoms with Crippen LogP contribution in [0.15, 0.2) is 0 Å². The van der Waals surface area contributed by atoms with Crippen LogP contribution in [-0.4, -0.2) is 22.8 Å². The summed E-state index contributed by atoms with van der Waals surface area (Å²) in [5.41, 5.74) is 0. The van der Waals surface area contributed by atoms with Crippen molar-refractivity contribution in [3.05, 3.63) is 0 Å². The van der Waals surface area contributed by atoms with Gasteiger partial charge in [0, 0.05) is 5.92 Å². The van der Waals surface area contributed by atoms with Crippen molar-refractivity contribution in [3.63, 3.8) is 0 Å². The Balaban J connectivity index is 2.34. The predicted octanol–water partition coefficient (Wildman–Crippen LogP) is 0.873. The number of aliphatic carboxylic acids is 1. The smallest absolute Gasteiger partial charge is 0.306 e. The number of hydrogen-bond donors (Lipinski definition) is 2. The summed E-state index contributed by atoms with van der Waals surface area (Å²) in [5.74, 6) is 4.99. The first-order valence-electron chi connectivity index (χ1n) is 4.56. The minimum absolute atomic E-state index is 0.0984. The van der Waals surface area contributed by atoms with E-state index in [0.717, 1.165) is 25.7 Å². The van der Waals surface area contributed by atoms with E-state index >= 15 is 0 Å². The SMILES string of the molecule is O=C(O)C1CCC(C#CCO)CC1. The van der Waals surface area contributed by atoms with Crippen LogP contribution in [0.1, 0.15) is 25.7 Å². The molecule has 0 aromatic heterocycles. The highest BCUT2D eigenvalue weighted by atomic mass is 16.4. The van der Waals surface area contributed by atoms with E-state index in [-0.39, 0.29) is 12.5 Å². The first-order valence-corrected chi connectivity index (χ1v) is 4.56. The van der Waals surface area contributed by atoms with Crippen molar-refractivity contribution < 1.29 is 15.0 Å². The fourth-order valence-corrected chi connectivity index (χ4v) is 1.67. The standard InChI is InChI=1S/C10H14O3/c11-7-1-2-8-3-5-9(6-4-8)10(12)13/h8-9,11H,3-7H2,(H,12,13). The van der Waals surface area contributed by atoms with Crippen molar-refractivity contribution in [1.29, 1.82) is 0 Å². The highest BCUT2D eigenvalue weighted by molar-refractivity contribution is 5.70. The number of carbonyl (C=O) groups is 1. The molecule has 0 saturated heterocycles. The van der Waals surface area contributed by atoms with Crippen LogP contribution >= 0.6 is 0 Å². The number of aliphatic hydroxyl groups is 1. The summed E-state index contributed by atoms with van der Waals surface area (Å²) in [6, 6.07) is 0. The van der Waals surface area contributed by atoms with Crippen LogP contribution in [0.4, 0.5) is 0 Å². The molecular weight excluding hydrogens is 168 g/mol. The molecule has 0 atom stereocenters. The number of carboxylic acid groups (broad SMARTS) is 1. The van der Waals surface area contributed by atoms with Gasteiger partial charge in [-0.05, 0) is 25.7 Å². The lowest BCUT2D eigenvalue weighted by Gasteiger charge is -2.22. The predicted molar refractivity (Wildman–Crippen MR) is 47.9 cm³/mol. The molecule has 1 fully saturated rings. The minimum atomic E-state index is -0.687. The molecule has 0 bridgehead atoms. The first kappa shape index (κ1) is 10.1. The van der Waals surface area contributed by atoms with Crippen LogP contribution in [-0.2, 0) is 4.79 Å². The van der Waals surface area contributed by atoms with Gasteiger partial charge in [-0.2, -0.15) is 0 Å². The maximum Gasteiger partial charge on any atom is 0.306 e. The first-order chi connectivity index (χ1) is 6.24. The molecule has 1 rings (SSSR count). The monoisotopic (exact) mass is 182 g/mol. The van der Waals surface area contributed by atoms with E-state index < -0.39 is 5.97 Å². The van der Waals surface area contributed by atoms with Crippen LogP contribution in [0.5, 0.6) is 0 Å². The van der Waals surface area contributed by atoms with Gasteiger partial charge in [0.25, 0.3) is 0 Å². The van der Waals surface area contributed by atoms with Gasteiger partial charge in [0.2, 0.25) is 0 Å². The zero-order valence-electron chi connectivity index (χ0n) is 7.49. The minimum Gasteiger partial charge on any atom is -0.481 e. The van der Waals surface area contributed by atoms with Crippen molar-refractivity contribution >= 4 is 5.97 Å². The molecule has 0 heterocycles. The lowest BCUT2D eigenvalue weighted by molar-refractivity contribution is -0.142. The maximum absolute atomic E-state index is 10.6. The van der Waals surface area contributed by atoms with Crippen LogP contribution in [0, 0.1) is 23.7 Å². The Bertz CT molecular complexity index is 228. The fourth-order valence-electron chi connectivity index (χ4n) is 1.67. The number of aliphatic hydroxyl groups excluding tert-OH is 1. The Morgan fingerprint density at radius 2 is 1.92 bits per heavy atom. The van der Waals surface area contributed by atoms with Gasteiger partial charge in [-0.15, -0.1) is 0 Å². The molecule has 2 N–H and O–H groups in total. The molecule has 3 heteroatoms. The Hall–Kier alpha value is -1.01. The zero-order chi connectivity index (χ0) is 9.68. The molecule has 1 aliphatic rings. The summed E-state index contributed by atoms with van der Waals surface area (Å²) in [4.78, 5) is 10.6. The van der Waals surface area contributed by atoms with Crippen molar-refractivity contribution in [3.8, 4) is 11.8 Å². The Labute approximate surface area is 77.8 Å². The van der Waals surface area contributed by atoms with Gasteiger partial charge in [0.15, 0.2) is 0 Å². The lowest BCUT2D eigenvalue weighted by Crippen LogP contribution is -2.20. The van der Waals surface area contributed by atoms with Gasteiger partial charge in [-0.1, -0.05) is 11.8 Å². The molecule has 0 amide bonds. The average molecular weight is 182 g/mol. The largest absolute Gasteiger partial charge is 0.481 e. The summed E-state index contributed by atoms with van der Waals surface area (Å²) in [6.07, 6.45) is 3.15. The van der Waals surface area contributed by atoms with Gasteiger partial charge in [-0.25, -0.2) is 0 Å². The average Bonchev–Trinajstić information content (AvgIpc) is 2.15. The molecule has 3 nitrogen and oxygen atoms in total. The van der Waals surface area contributed by atoms with E-state index in [4.69, 9.17) is 10.2 Å². The number of hydrogen-bond acceptors (Lipinski definition) is 2. The van der Waals surface area contributed by atoms with Crippen molar-refractivity contribution in [1.82, 2.24) is 0 Å². The normalized spacial score (nSPS) is 27.5. The quantitative estimate of drug-likeness (QED) is 0.592. The van der Waals surface area contributed by atoms with Crippen LogP contribution in [0.3, 0.4) is 0 Å². The zero-order valence-corrected chi connectivity index (χ0v) is 7.49. The van der Waals surface area contributed by atoms with E-state index in [0.29, 0.717) is 5.92 Å². The summed E-state index contributed by atoms with van der Waals surface area (Å²) < 4.78 is 0. The Kier molecular flexibility index (Phi) is 3.78. The lowest BCUT2D eigenvalue weighted by atomic mass is 9.82. The molecular formula is C10H14O3. The second-order valence-electron chi connectivity index (χ2n) is 3.37. The third-order valence-electron chi connectivity index (χ3n) is 2.46. The molecule has 13 heavy (non-hydrogen) atoms. The molecule has 0 unspecified atom stereocenters. The van der Waals surface area contributed by atoms with Crippen LogP contribution < -0.4 is 0 Å². The summed E-state index contributed by atoms with van der Waals surface area (Å²) in [6.45, 7) is -0.0984. The van der Waals surface area contributed by atoms with E-state index in [2.05, 4.69) is 11.8 Å². The molecule has 1 saturated carbocycles. The Morgan fingerprint density at radius 3 is 2.38 bits per heavy atom. The summed E-state index contributed by atoms with van der Waals surface area (Å²) >= 11 is 0. The van der Waals surface area contributed by atoms with Crippen LogP contribution in [0.25, 0.3) is 0 Å². The third-order valence-corrected chi connectivity index (χ3v) is 2.46. The van der Waals surface area contributed by atoms with Gasteiger partial charge in [0.05, 0.1) is 5.92 Å². The van der Waals surface area contributed by atoms with Crippen LogP contribution in [0.2, 0.25) is 0 Å². The second-order valence-corrected chi connectivity index (χ2v) is 3.37. The number of carboxylic acids is 1. The molecule has 1 aliphatic carbocycles. The van der Waals surface area contributed by atoms with Crippen molar-refractivity contribution in [2.24, 2.45) is 11.8 Å². The van der Waals surface area contributed by atoms with Crippen molar-refractivity contribution in [2.45, 2.75) is 25.7 Å². The van der Waals surface area contributed by atoms with E-state index in [1.807, 2.05) is 0 Å². The fraction of sp³-hybridized carbons (Fsp3) is 0.700. The van der Waals surface area contributed by atoms with Crippen molar-refractivity contribution in [2.75, 3.05) is 6.61 Å². The maximum atomic E-state index is 10.6. The molecule has 0 aromatic carbocycles. The third kappa shape index (κ3) is 3.08. The van der Waals surface area contributed by atoms with E-state index in [9.17, 15) is 4.79 Å². The van der Waals surface area contributed by atoms with E-state index in [1.165, 1.54) is 0 Å². The highest BCUT2D eigenvalue weighted by Crippen LogP contribution is 2.28. The topological polar surface area (TPSA) is 57.5 Å². The van der Waals surface area contributed by atoms with Gasteiger partial charge in [0.1, 0.15) is 6.61 Å². The highest BCUT2D eigenvalue weighted by Gasteiger charge is 2.24. The van der Waals surface area contributed by atoms with Gasteiger partial charge in [-0.3, -0.25) is 4.79 Å². The molecule has 0 aliphatic heterocycles. The number of rotatable bonds is 1. The van der Waals surface area contributed by atoms with Gasteiger partial charge >= 0.3 is 5.97 Å². The molecule has 0 spiro atoms. The van der Waals surface area contributed by atoms with Gasteiger partial charge < -0.3 is 10.2 Å². The molecule has 72 valence electrons. The summed E-state index contributed by atoms with van der Waals surface area (Å²) in [7, 11) is 0. The molecule has 0 radical (unpaired) electrons. The van der Waals surface area contributed by atoms with E-state index in [1.54, 1.807) is 0 Å². The second kappa shape index (κ2) is 4.88. The molecule has 0 aromatic rings. The Morgan fingerprint density at radius 1 is 1.31 bits per heavy atom. The summed E-state index contributed by atoms with van der Waals surface area (Å²) in [5, 5.41) is 17.2.